The van der Waals surface area contributed by atoms with Crippen LogP contribution in [0, 0.1) is 6.92 Å². The number of benzene rings is 1. The first kappa shape index (κ1) is 9.32. The van der Waals surface area contributed by atoms with Crippen LogP contribution in [0.3, 0.4) is 0 Å². The van der Waals surface area contributed by atoms with Gasteiger partial charge in [-0.2, -0.15) is 0 Å². The average molecular weight is 187 g/mol. The molecule has 1 aromatic heterocycles. The predicted molar refractivity (Wildman–Crippen MR) is 61.6 cm³/mol. The summed E-state index contributed by atoms with van der Waals surface area (Å²) in [5, 5.41) is 1.39. The Morgan fingerprint density at radius 2 is 2.14 bits per heavy atom. The van der Waals surface area contributed by atoms with Crippen molar-refractivity contribution in [1.82, 2.24) is 4.98 Å². The smallest absolute Gasteiger partial charge is 0.0459 e. The quantitative estimate of drug-likeness (QED) is 0.752. The molecule has 0 spiro atoms. The summed E-state index contributed by atoms with van der Waals surface area (Å²) in [6.07, 6.45) is 5.77. The summed E-state index contributed by atoms with van der Waals surface area (Å²) < 4.78 is 0. The Morgan fingerprint density at radius 3 is 2.93 bits per heavy atom. The summed E-state index contributed by atoms with van der Waals surface area (Å²) >= 11 is 0. The maximum atomic E-state index is 3.28. The first-order chi connectivity index (χ1) is 6.81. The van der Waals surface area contributed by atoms with Gasteiger partial charge in [-0.3, -0.25) is 0 Å². The van der Waals surface area contributed by atoms with Crippen molar-refractivity contribution in [3.8, 4) is 0 Å². The van der Waals surface area contributed by atoms with Crippen LogP contribution in [0.25, 0.3) is 10.9 Å². The molecule has 0 amide bonds. The Bertz CT molecular complexity index is 426. The minimum Gasteiger partial charge on any atom is -0.361 e. The van der Waals surface area contributed by atoms with Crippen molar-refractivity contribution in [2.24, 2.45) is 0 Å². The third-order valence-corrected chi connectivity index (χ3v) is 2.70. The molecule has 0 saturated heterocycles. The number of hydrogen-bond acceptors (Lipinski definition) is 0. The highest BCUT2D eigenvalue weighted by molar-refractivity contribution is 5.83. The van der Waals surface area contributed by atoms with Gasteiger partial charge in [0.2, 0.25) is 0 Å². The van der Waals surface area contributed by atoms with Gasteiger partial charge in [0, 0.05) is 17.1 Å². The largest absolute Gasteiger partial charge is 0.361 e. The molecule has 74 valence electrons. The van der Waals surface area contributed by atoms with Crippen LogP contribution in [-0.4, -0.2) is 4.98 Å². The van der Waals surface area contributed by atoms with Gasteiger partial charge in [0.25, 0.3) is 0 Å². The van der Waals surface area contributed by atoms with Crippen LogP contribution in [0.4, 0.5) is 0 Å². The first-order valence-corrected chi connectivity index (χ1v) is 5.38. The van der Waals surface area contributed by atoms with Crippen molar-refractivity contribution in [2.75, 3.05) is 0 Å². The van der Waals surface area contributed by atoms with Crippen LogP contribution in [0.2, 0.25) is 0 Å². The van der Waals surface area contributed by atoms with E-state index in [1.165, 1.54) is 41.3 Å². The highest BCUT2D eigenvalue weighted by atomic mass is 14.7. The maximum Gasteiger partial charge on any atom is 0.0459 e. The van der Waals surface area contributed by atoms with Crippen LogP contribution >= 0.6 is 0 Å². The minimum absolute atomic E-state index is 1.20. The SMILES string of the molecule is CCCCc1cc(C)cc2[nH]ccc12. The van der Waals surface area contributed by atoms with Crippen LogP contribution in [0.15, 0.2) is 24.4 Å². The highest BCUT2D eigenvalue weighted by Gasteiger charge is 2.02. The molecule has 0 radical (unpaired) electrons. The van der Waals surface area contributed by atoms with Gasteiger partial charge in [0.15, 0.2) is 0 Å². The number of aromatic amines is 1. The van der Waals surface area contributed by atoms with E-state index in [2.05, 4.69) is 37.0 Å². The van der Waals surface area contributed by atoms with Gasteiger partial charge in [-0.05, 0) is 43.0 Å². The number of unbranched alkanes of at least 4 members (excludes halogenated alkanes) is 1. The zero-order chi connectivity index (χ0) is 9.97. The molecule has 0 aliphatic heterocycles. The number of hydrogen-bond donors (Lipinski definition) is 1. The van der Waals surface area contributed by atoms with E-state index in [4.69, 9.17) is 0 Å². The van der Waals surface area contributed by atoms with E-state index < -0.39 is 0 Å². The predicted octanol–water partition coefficient (Wildman–Crippen LogP) is 3.82. The van der Waals surface area contributed by atoms with Gasteiger partial charge in [0.1, 0.15) is 0 Å². The molecule has 0 aliphatic carbocycles. The minimum atomic E-state index is 1.20. The molecule has 1 heteroatoms. The molecule has 0 bridgehead atoms. The Balaban J connectivity index is 2.44. The van der Waals surface area contributed by atoms with E-state index in [9.17, 15) is 0 Å². The molecule has 1 nitrogen and oxygen atoms in total. The van der Waals surface area contributed by atoms with Gasteiger partial charge in [-0.15, -0.1) is 0 Å². The van der Waals surface area contributed by atoms with E-state index in [0.29, 0.717) is 0 Å². The van der Waals surface area contributed by atoms with Crippen LogP contribution in [0.5, 0.6) is 0 Å². The lowest BCUT2D eigenvalue weighted by Gasteiger charge is -2.04. The second kappa shape index (κ2) is 3.87. The second-order valence-corrected chi connectivity index (χ2v) is 3.97. The molecule has 1 heterocycles. The van der Waals surface area contributed by atoms with Crippen molar-refractivity contribution in [2.45, 2.75) is 33.1 Å². The third kappa shape index (κ3) is 1.67. The standard InChI is InChI=1S/C13H17N/c1-3-4-5-11-8-10(2)9-13-12(11)6-7-14-13/h6-9,14H,3-5H2,1-2H3. The number of fused-ring (bicyclic) bond motifs is 1. The number of nitrogens with one attached hydrogen (secondary N) is 1. The lowest BCUT2D eigenvalue weighted by Crippen LogP contribution is -1.87. The molecule has 0 aliphatic rings. The Kier molecular flexibility index (Phi) is 2.58. The van der Waals surface area contributed by atoms with Gasteiger partial charge >= 0.3 is 0 Å². The summed E-state index contributed by atoms with van der Waals surface area (Å²) in [5.74, 6) is 0. The lowest BCUT2D eigenvalue weighted by atomic mass is 10.0. The fourth-order valence-electron chi connectivity index (χ4n) is 1.98. The Hall–Kier alpha value is -1.24. The fourth-order valence-corrected chi connectivity index (χ4v) is 1.98. The van der Waals surface area contributed by atoms with Gasteiger partial charge in [-0.25, -0.2) is 0 Å². The average Bonchev–Trinajstić information content (AvgIpc) is 2.61. The van der Waals surface area contributed by atoms with Crippen LogP contribution in [0.1, 0.15) is 30.9 Å². The molecule has 0 fully saturated rings. The van der Waals surface area contributed by atoms with Crippen molar-refractivity contribution in [3.05, 3.63) is 35.5 Å². The van der Waals surface area contributed by atoms with Gasteiger partial charge in [0.05, 0.1) is 0 Å². The number of rotatable bonds is 3. The maximum absolute atomic E-state index is 3.28. The molecule has 0 unspecified atom stereocenters. The number of H-pyrrole nitrogens is 1. The summed E-state index contributed by atoms with van der Waals surface area (Å²) in [4.78, 5) is 3.28. The fraction of sp³-hybridized carbons (Fsp3) is 0.385. The van der Waals surface area contributed by atoms with E-state index in [1.54, 1.807) is 0 Å². The Morgan fingerprint density at radius 1 is 1.29 bits per heavy atom. The molecule has 0 atom stereocenters. The monoisotopic (exact) mass is 187 g/mol. The molecular formula is C13H17N. The molecule has 2 aromatic rings. The summed E-state index contributed by atoms with van der Waals surface area (Å²) in [6, 6.07) is 6.70. The van der Waals surface area contributed by atoms with Crippen molar-refractivity contribution < 1.29 is 0 Å². The lowest BCUT2D eigenvalue weighted by molar-refractivity contribution is 0.798. The first-order valence-electron chi connectivity index (χ1n) is 5.38. The highest BCUT2D eigenvalue weighted by Crippen LogP contribution is 2.21. The van der Waals surface area contributed by atoms with Gasteiger partial charge < -0.3 is 4.98 Å². The number of aryl methyl sites for hydroxylation is 2. The van der Waals surface area contributed by atoms with E-state index in [1.807, 2.05) is 6.20 Å². The molecule has 1 aromatic carbocycles. The van der Waals surface area contributed by atoms with Crippen molar-refractivity contribution in [3.63, 3.8) is 0 Å². The normalized spacial score (nSPS) is 11.0. The van der Waals surface area contributed by atoms with E-state index in [-0.39, 0.29) is 0 Å². The molecule has 2 rings (SSSR count). The van der Waals surface area contributed by atoms with Crippen LogP contribution < -0.4 is 0 Å². The summed E-state index contributed by atoms with van der Waals surface area (Å²) in [5.41, 5.74) is 4.12. The molecule has 1 N–H and O–H groups in total. The second-order valence-electron chi connectivity index (χ2n) is 3.97. The number of aromatic nitrogens is 1. The molecule has 14 heavy (non-hydrogen) atoms. The van der Waals surface area contributed by atoms with Gasteiger partial charge in [-0.1, -0.05) is 19.4 Å². The topological polar surface area (TPSA) is 15.8 Å². The van der Waals surface area contributed by atoms with Crippen molar-refractivity contribution in [1.29, 1.82) is 0 Å². The van der Waals surface area contributed by atoms with Crippen molar-refractivity contribution >= 4 is 10.9 Å². The summed E-state index contributed by atoms with van der Waals surface area (Å²) in [6.45, 7) is 4.40. The zero-order valence-electron chi connectivity index (χ0n) is 8.93. The molecule has 0 saturated carbocycles. The van der Waals surface area contributed by atoms with E-state index in [0.717, 1.165) is 0 Å². The van der Waals surface area contributed by atoms with E-state index >= 15 is 0 Å². The third-order valence-electron chi connectivity index (χ3n) is 2.70. The zero-order valence-corrected chi connectivity index (χ0v) is 8.93. The summed E-state index contributed by atoms with van der Waals surface area (Å²) in [7, 11) is 0. The Labute approximate surface area is 85.1 Å². The van der Waals surface area contributed by atoms with Crippen LogP contribution in [-0.2, 0) is 6.42 Å². The molecular weight excluding hydrogens is 170 g/mol.